The molecule has 1 saturated carbocycles. The molecule has 0 bridgehead atoms. The Kier molecular flexibility index (Phi) is 4.30. The molecule has 0 aromatic heterocycles. The van der Waals surface area contributed by atoms with Crippen LogP contribution in [0.15, 0.2) is 4.99 Å². The van der Waals surface area contributed by atoms with E-state index in [0.717, 1.165) is 0 Å². The number of hydrogen-bond acceptors (Lipinski definition) is 2. The molecule has 0 amide bonds. The summed E-state index contributed by atoms with van der Waals surface area (Å²) < 4.78 is 0.318. The van der Waals surface area contributed by atoms with E-state index >= 15 is 0 Å². The van der Waals surface area contributed by atoms with Gasteiger partial charge in [-0.05, 0) is 12.8 Å². The van der Waals surface area contributed by atoms with Gasteiger partial charge in [0, 0.05) is 4.75 Å². The van der Waals surface area contributed by atoms with Gasteiger partial charge in [-0.2, -0.15) is 0 Å². The van der Waals surface area contributed by atoms with Crippen LogP contribution in [0.25, 0.3) is 0 Å². The van der Waals surface area contributed by atoms with Gasteiger partial charge in [-0.15, -0.1) is 11.8 Å². The molecule has 0 aliphatic heterocycles. The van der Waals surface area contributed by atoms with E-state index in [4.69, 9.17) is 0 Å². The van der Waals surface area contributed by atoms with Crippen molar-refractivity contribution < 1.29 is 0 Å². The maximum Gasteiger partial charge on any atom is 0.0549 e. The average Bonchev–Trinajstić information content (AvgIpc) is 2.04. The van der Waals surface area contributed by atoms with E-state index in [1.807, 2.05) is 11.8 Å². The van der Waals surface area contributed by atoms with E-state index in [9.17, 15) is 0 Å². The summed E-state index contributed by atoms with van der Waals surface area (Å²) in [6.07, 6.45) is 6.78. The molecular weight excluding hydrogens is 178 g/mol. The van der Waals surface area contributed by atoms with Crippen molar-refractivity contribution in [2.24, 2.45) is 4.99 Å². The Labute approximate surface area is 86.4 Å². The fraction of sp³-hybridized carbons (Fsp3) is 0.909. The SMILES string of the molecule is CC(C)(C)SC=NC1CCCCC1. The van der Waals surface area contributed by atoms with Crippen LogP contribution in [-0.4, -0.2) is 16.3 Å². The van der Waals surface area contributed by atoms with Crippen LogP contribution in [0.5, 0.6) is 0 Å². The van der Waals surface area contributed by atoms with Crippen molar-refractivity contribution in [1.82, 2.24) is 0 Å². The Bertz CT molecular complexity index is 163. The highest BCUT2D eigenvalue weighted by atomic mass is 32.2. The van der Waals surface area contributed by atoms with Gasteiger partial charge in [-0.3, -0.25) is 4.99 Å². The number of hydrogen-bond donors (Lipinski definition) is 0. The average molecular weight is 199 g/mol. The first-order valence-corrected chi connectivity index (χ1v) is 6.15. The van der Waals surface area contributed by atoms with Crippen molar-refractivity contribution >= 4 is 17.3 Å². The summed E-state index contributed by atoms with van der Waals surface area (Å²) in [4.78, 5) is 4.61. The largest absolute Gasteiger partial charge is 0.283 e. The molecule has 13 heavy (non-hydrogen) atoms. The molecule has 0 N–H and O–H groups in total. The second-order valence-electron chi connectivity index (χ2n) is 4.78. The van der Waals surface area contributed by atoms with Gasteiger partial charge in [0.25, 0.3) is 0 Å². The molecule has 0 heterocycles. The summed E-state index contributed by atoms with van der Waals surface area (Å²) in [6.45, 7) is 6.68. The van der Waals surface area contributed by atoms with E-state index < -0.39 is 0 Å². The minimum Gasteiger partial charge on any atom is -0.283 e. The van der Waals surface area contributed by atoms with Crippen LogP contribution < -0.4 is 0 Å². The zero-order valence-corrected chi connectivity index (χ0v) is 9.86. The molecule has 1 aliphatic carbocycles. The zero-order valence-electron chi connectivity index (χ0n) is 9.05. The second-order valence-corrected chi connectivity index (χ2v) is 6.45. The molecule has 0 aromatic carbocycles. The van der Waals surface area contributed by atoms with Crippen molar-refractivity contribution in [3.63, 3.8) is 0 Å². The minimum absolute atomic E-state index is 0.318. The van der Waals surface area contributed by atoms with Crippen LogP contribution in [0, 0.1) is 0 Å². The fourth-order valence-corrected chi connectivity index (χ4v) is 2.05. The van der Waals surface area contributed by atoms with Gasteiger partial charge in [0.2, 0.25) is 0 Å². The molecule has 1 fully saturated rings. The van der Waals surface area contributed by atoms with E-state index in [2.05, 4.69) is 31.3 Å². The van der Waals surface area contributed by atoms with Crippen molar-refractivity contribution in [3.05, 3.63) is 0 Å². The predicted octanol–water partition coefficient (Wildman–Crippen LogP) is 3.88. The topological polar surface area (TPSA) is 12.4 Å². The smallest absolute Gasteiger partial charge is 0.0549 e. The third kappa shape index (κ3) is 5.35. The van der Waals surface area contributed by atoms with E-state index in [1.165, 1.54) is 32.1 Å². The Hall–Kier alpha value is 0.0200. The van der Waals surface area contributed by atoms with Gasteiger partial charge < -0.3 is 0 Å². The summed E-state index contributed by atoms with van der Waals surface area (Å²) in [7, 11) is 0. The van der Waals surface area contributed by atoms with Gasteiger partial charge in [-0.1, -0.05) is 40.0 Å². The highest BCUT2D eigenvalue weighted by molar-refractivity contribution is 8.13. The lowest BCUT2D eigenvalue weighted by Gasteiger charge is -2.18. The molecular formula is C11H21NS. The van der Waals surface area contributed by atoms with Crippen LogP contribution in [-0.2, 0) is 0 Å². The summed E-state index contributed by atoms with van der Waals surface area (Å²) >= 11 is 1.84. The van der Waals surface area contributed by atoms with Gasteiger partial charge in [0.05, 0.1) is 11.6 Å². The third-order valence-electron chi connectivity index (χ3n) is 2.25. The van der Waals surface area contributed by atoms with Crippen LogP contribution in [0.2, 0.25) is 0 Å². The fourth-order valence-electron chi connectivity index (χ4n) is 1.50. The molecule has 1 nitrogen and oxygen atoms in total. The molecule has 76 valence electrons. The van der Waals surface area contributed by atoms with Crippen LogP contribution in [0.1, 0.15) is 52.9 Å². The normalized spacial score (nSPS) is 21.2. The molecule has 2 heteroatoms. The van der Waals surface area contributed by atoms with Crippen molar-refractivity contribution in [3.8, 4) is 0 Å². The number of aliphatic imine (C=N–C) groups is 1. The quantitative estimate of drug-likeness (QED) is 0.485. The summed E-state index contributed by atoms with van der Waals surface area (Å²) in [5.41, 5.74) is 2.07. The summed E-state index contributed by atoms with van der Waals surface area (Å²) in [5.74, 6) is 0. The number of rotatable bonds is 2. The molecule has 0 aromatic rings. The second kappa shape index (κ2) is 5.04. The molecule has 0 atom stereocenters. The maximum absolute atomic E-state index is 4.61. The highest BCUT2D eigenvalue weighted by Crippen LogP contribution is 2.23. The van der Waals surface area contributed by atoms with Gasteiger partial charge in [-0.25, -0.2) is 0 Å². The number of thioether (sulfide) groups is 1. The predicted molar refractivity (Wildman–Crippen MR) is 62.7 cm³/mol. The lowest BCUT2D eigenvalue weighted by molar-refractivity contribution is 0.445. The molecule has 0 radical (unpaired) electrons. The van der Waals surface area contributed by atoms with Crippen LogP contribution in [0.4, 0.5) is 0 Å². The third-order valence-corrected chi connectivity index (χ3v) is 3.19. The van der Waals surface area contributed by atoms with Gasteiger partial charge >= 0.3 is 0 Å². The first-order chi connectivity index (χ1) is 6.08. The first-order valence-electron chi connectivity index (χ1n) is 5.27. The number of nitrogens with zero attached hydrogens (tertiary/aromatic N) is 1. The Morgan fingerprint density at radius 3 is 2.31 bits per heavy atom. The highest BCUT2D eigenvalue weighted by Gasteiger charge is 2.12. The lowest BCUT2D eigenvalue weighted by atomic mass is 9.96. The Morgan fingerprint density at radius 1 is 1.15 bits per heavy atom. The van der Waals surface area contributed by atoms with Crippen molar-refractivity contribution in [2.45, 2.75) is 63.7 Å². The minimum atomic E-state index is 0.318. The molecule has 0 unspecified atom stereocenters. The zero-order chi connectivity index (χ0) is 9.73. The molecule has 1 aliphatic rings. The Morgan fingerprint density at radius 2 is 1.77 bits per heavy atom. The van der Waals surface area contributed by atoms with Crippen molar-refractivity contribution in [2.75, 3.05) is 0 Å². The monoisotopic (exact) mass is 199 g/mol. The van der Waals surface area contributed by atoms with Gasteiger partial charge in [0.15, 0.2) is 0 Å². The Balaban J connectivity index is 2.22. The molecule has 1 rings (SSSR count). The maximum atomic E-state index is 4.61. The first kappa shape index (κ1) is 11.1. The summed E-state index contributed by atoms with van der Waals surface area (Å²) in [6, 6.07) is 0.628. The van der Waals surface area contributed by atoms with E-state index in [0.29, 0.717) is 10.8 Å². The van der Waals surface area contributed by atoms with E-state index in [-0.39, 0.29) is 0 Å². The van der Waals surface area contributed by atoms with Crippen LogP contribution >= 0.6 is 11.8 Å². The lowest BCUT2D eigenvalue weighted by Crippen LogP contribution is -2.11. The van der Waals surface area contributed by atoms with Crippen molar-refractivity contribution in [1.29, 1.82) is 0 Å². The standard InChI is InChI=1S/C11H21NS/c1-11(2,3)13-9-12-10-7-5-4-6-8-10/h9-10H,4-8H2,1-3H3. The van der Waals surface area contributed by atoms with Crippen LogP contribution in [0.3, 0.4) is 0 Å². The van der Waals surface area contributed by atoms with Gasteiger partial charge in [0.1, 0.15) is 0 Å². The molecule has 0 spiro atoms. The van der Waals surface area contributed by atoms with E-state index in [1.54, 1.807) is 0 Å². The molecule has 0 saturated heterocycles. The summed E-state index contributed by atoms with van der Waals surface area (Å²) in [5, 5.41) is 0.